The van der Waals surface area contributed by atoms with Gasteiger partial charge in [-0.1, -0.05) is 11.6 Å². The lowest BCUT2D eigenvalue weighted by Gasteiger charge is -1.98. The fourth-order valence-corrected chi connectivity index (χ4v) is 1.28. The van der Waals surface area contributed by atoms with Crippen LogP contribution < -0.4 is 0 Å². The van der Waals surface area contributed by atoms with E-state index in [-0.39, 0.29) is 11.8 Å². The van der Waals surface area contributed by atoms with Crippen molar-refractivity contribution in [1.29, 1.82) is 0 Å². The molecule has 0 aromatic carbocycles. The van der Waals surface area contributed by atoms with Crippen LogP contribution in [0.25, 0.3) is 0 Å². The summed E-state index contributed by atoms with van der Waals surface area (Å²) in [6.45, 7) is 0. The maximum atomic E-state index is 10.2. The van der Waals surface area contributed by atoms with Crippen LogP contribution in [0.5, 0.6) is 0 Å². The smallest absolute Gasteiger partial charge is 0.269 e. The van der Waals surface area contributed by atoms with E-state index < -0.39 is 9.98 Å². The fourth-order valence-electron chi connectivity index (χ4n) is 0.997. The van der Waals surface area contributed by atoms with Crippen molar-refractivity contribution in [3.05, 3.63) is 34.0 Å². The Kier molecular flexibility index (Phi) is 1.14. The normalized spacial score (nSPS) is 39.4. The van der Waals surface area contributed by atoms with Gasteiger partial charge in [-0.3, -0.25) is 10.1 Å². The second-order valence-corrected chi connectivity index (χ2v) is 3.01. The predicted octanol–water partition coefficient (Wildman–Crippen LogP) is 1.05. The zero-order chi connectivity index (χ0) is 8.06. The highest BCUT2D eigenvalue weighted by molar-refractivity contribution is 6.26. The summed E-state index contributed by atoms with van der Waals surface area (Å²) in [4.78, 5) is 9.74. The number of epoxide rings is 1. The van der Waals surface area contributed by atoms with Gasteiger partial charge in [-0.15, -0.1) is 0 Å². The van der Waals surface area contributed by atoms with Crippen LogP contribution in [0.2, 0.25) is 0 Å². The quantitative estimate of drug-likeness (QED) is 0.258. The lowest BCUT2D eigenvalue weighted by atomic mass is 10.1. The maximum absolute atomic E-state index is 10.2. The second-order valence-electron chi connectivity index (χ2n) is 2.42. The Hall–Kier alpha value is -0.870. The van der Waals surface area contributed by atoms with Crippen molar-refractivity contribution in [2.45, 2.75) is 11.2 Å². The molecule has 58 valence electrons. The number of hydrogen-bond donors (Lipinski definition) is 0. The van der Waals surface area contributed by atoms with Crippen molar-refractivity contribution < 1.29 is 9.66 Å². The summed E-state index contributed by atoms with van der Waals surface area (Å²) < 4.78 is 4.94. The molecule has 0 amide bonds. The van der Waals surface area contributed by atoms with Crippen molar-refractivity contribution in [2.24, 2.45) is 0 Å². The Morgan fingerprint density at radius 1 is 1.82 bits per heavy atom. The van der Waals surface area contributed by atoms with E-state index in [0.717, 1.165) is 0 Å². The number of rotatable bonds is 1. The molecule has 11 heavy (non-hydrogen) atoms. The zero-order valence-corrected chi connectivity index (χ0v) is 6.12. The fraction of sp³-hybridized carbons (Fsp3) is 0.333. The van der Waals surface area contributed by atoms with E-state index in [9.17, 15) is 10.1 Å². The predicted molar refractivity (Wildman–Crippen MR) is 37.7 cm³/mol. The molecule has 2 rings (SSSR count). The molecule has 0 saturated carbocycles. The molecule has 5 heteroatoms. The Bertz CT molecular complexity index is 286. The second kappa shape index (κ2) is 1.84. The van der Waals surface area contributed by atoms with Gasteiger partial charge >= 0.3 is 0 Å². The number of fused-ring (bicyclic) bond motifs is 1. The first-order valence-corrected chi connectivity index (χ1v) is 3.42. The summed E-state index contributed by atoms with van der Waals surface area (Å²) in [5.74, 6) is 0. The molecule has 0 N–H and O–H groups in total. The monoisotopic (exact) mass is 173 g/mol. The van der Waals surface area contributed by atoms with Gasteiger partial charge in [0.1, 0.15) is 6.10 Å². The van der Waals surface area contributed by atoms with Crippen molar-refractivity contribution in [3.8, 4) is 0 Å². The summed E-state index contributed by atoms with van der Waals surface area (Å²) in [5, 5.41) is 9.31. The highest BCUT2D eigenvalue weighted by atomic mass is 35.5. The first-order chi connectivity index (χ1) is 5.12. The van der Waals surface area contributed by atoms with Crippen molar-refractivity contribution in [2.75, 3.05) is 0 Å². The molecule has 2 unspecified atom stereocenters. The third-order valence-corrected chi connectivity index (χ3v) is 2.05. The van der Waals surface area contributed by atoms with Crippen LogP contribution in [0, 0.1) is 10.1 Å². The number of alkyl halides is 1. The van der Waals surface area contributed by atoms with Crippen LogP contribution in [0.4, 0.5) is 0 Å². The topological polar surface area (TPSA) is 55.7 Å². The van der Waals surface area contributed by atoms with Crippen LogP contribution in [-0.2, 0) is 4.74 Å². The Balaban J connectivity index is 2.31. The highest BCUT2D eigenvalue weighted by Gasteiger charge is 2.55. The van der Waals surface area contributed by atoms with Crippen LogP contribution >= 0.6 is 11.6 Å². The van der Waals surface area contributed by atoms with Gasteiger partial charge in [0.15, 0.2) is 5.06 Å². The minimum absolute atomic E-state index is 0.00579. The molecule has 2 atom stereocenters. The molecule has 1 aliphatic heterocycles. The Morgan fingerprint density at radius 3 is 3.09 bits per heavy atom. The van der Waals surface area contributed by atoms with Gasteiger partial charge in [0.05, 0.1) is 4.92 Å². The van der Waals surface area contributed by atoms with E-state index in [1.165, 1.54) is 12.2 Å². The number of nitrogens with zero attached hydrogens (tertiary/aromatic N) is 1. The summed E-state index contributed by atoms with van der Waals surface area (Å²) in [7, 11) is 0. The molecule has 0 bridgehead atoms. The largest absolute Gasteiger partial charge is 0.341 e. The highest BCUT2D eigenvalue weighted by Crippen LogP contribution is 2.46. The minimum atomic E-state index is -0.919. The van der Waals surface area contributed by atoms with Crippen LogP contribution in [-0.4, -0.2) is 16.1 Å². The van der Waals surface area contributed by atoms with Gasteiger partial charge in [-0.05, 0) is 6.08 Å². The molecule has 0 aromatic rings. The average Bonchev–Trinajstić information content (AvgIpc) is 2.58. The first kappa shape index (κ1) is 6.82. The molecule has 0 radical (unpaired) electrons. The number of hydrogen-bond acceptors (Lipinski definition) is 3. The first-order valence-electron chi connectivity index (χ1n) is 3.04. The number of nitro groups is 1. The average molecular weight is 174 g/mol. The summed E-state index contributed by atoms with van der Waals surface area (Å²) in [5.41, 5.74) is -0.00579. The van der Waals surface area contributed by atoms with Crippen molar-refractivity contribution in [1.82, 2.24) is 0 Å². The van der Waals surface area contributed by atoms with Gasteiger partial charge in [-0.25, -0.2) is 0 Å². The molecule has 0 spiro atoms. The van der Waals surface area contributed by atoms with Crippen molar-refractivity contribution in [3.63, 3.8) is 0 Å². The minimum Gasteiger partial charge on any atom is -0.341 e. The van der Waals surface area contributed by atoms with Gasteiger partial charge in [0.25, 0.3) is 5.70 Å². The zero-order valence-electron chi connectivity index (χ0n) is 5.36. The van der Waals surface area contributed by atoms with E-state index >= 15 is 0 Å². The molecular weight excluding hydrogens is 170 g/mol. The van der Waals surface area contributed by atoms with Crippen molar-refractivity contribution >= 4 is 11.6 Å². The van der Waals surface area contributed by atoms with E-state index in [2.05, 4.69) is 0 Å². The third kappa shape index (κ3) is 0.948. The standard InChI is InChI=1S/C6H4ClNO3/c7-6-3-4(8(9)10)1-2-5(6)11-6/h1-3,5H. The van der Waals surface area contributed by atoms with E-state index in [4.69, 9.17) is 16.3 Å². The van der Waals surface area contributed by atoms with Gasteiger partial charge in [0.2, 0.25) is 0 Å². The molecule has 0 aromatic heterocycles. The summed E-state index contributed by atoms with van der Waals surface area (Å²) in [6, 6.07) is 0. The van der Waals surface area contributed by atoms with Gasteiger partial charge in [-0.2, -0.15) is 0 Å². The van der Waals surface area contributed by atoms with E-state index in [1.54, 1.807) is 6.08 Å². The molecule has 1 saturated heterocycles. The van der Waals surface area contributed by atoms with Gasteiger partial charge in [0, 0.05) is 12.2 Å². The molecule has 1 aliphatic carbocycles. The Morgan fingerprint density at radius 2 is 2.55 bits per heavy atom. The Labute approximate surface area is 67.2 Å². The SMILES string of the molecule is O=[N+]([O-])C1=CC2(Cl)OC2C=C1. The van der Waals surface area contributed by atoms with Crippen LogP contribution in [0.3, 0.4) is 0 Å². The molecule has 1 fully saturated rings. The number of ether oxygens (including phenoxy) is 1. The maximum Gasteiger partial charge on any atom is 0.269 e. The number of halogens is 1. The molecule has 4 nitrogen and oxygen atoms in total. The summed E-state index contributed by atoms with van der Waals surface area (Å²) in [6.07, 6.45) is 4.13. The molecular formula is C6H4ClNO3. The third-order valence-electron chi connectivity index (χ3n) is 1.64. The van der Waals surface area contributed by atoms with Crippen LogP contribution in [0.15, 0.2) is 23.9 Å². The van der Waals surface area contributed by atoms with E-state index in [0.29, 0.717) is 0 Å². The summed E-state index contributed by atoms with van der Waals surface area (Å²) >= 11 is 5.73. The number of allylic oxidation sites excluding steroid dienone is 1. The molecule has 1 heterocycles. The molecule has 2 aliphatic rings. The lowest BCUT2D eigenvalue weighted by Crippen LogP contribution is -2.09. The lowest BCUT2D eigenvalue weighted by molar-refractivity contribution is -0.419. The van der Waals surface area contributed by atoms with E-state index in [1.807, 2.05) is 0 Å². The van der Waals surface area contributed by atoms with Crippen LogP contribution in [0.1, 0.15) is 0 Å². The van der Waals surface area contributed by atoms with Gasteiger partial charge < -0.3 is 4.74 Å².